The van der Waals surface area contributed by atoms with E-state index in [4.69, 9.17) is 0 Å². The van der Waals surface area contributed by atoms with Gasteiger partial charge in [0.1, 0.15) is 0 Å². The van der Waals surface area contributed by atoms with Gasteiger partial charge in [0.15, 0.2) is 0 Å². The first-order valence-electron chi connectivity index (χ1n) is 1.11. The van der Waals surface area contributed by atoms with Crippen molar-refractivity contribution in [1.82, 2.24) is 0 Å². The van der Waals surface area contributed by atoms with Gasteiger partial charge in [0.05, 0.1) is 0 Å². The summed E-state index contributed by atoms with van der Waals surface area (Å²) in [6, 6.07) is 0. The molecule has 0 amide bonds. The SMILES string of the molecule is C=CC[O-].[Na+]. The molecule has 0 aromatic heterocycles. The predicted octanol–water partition coefficient (Wildman–Crippen LogP) is -3.46. The fraction of sp³-hybridized carbons (Fsp3) is 0.333. The van der Waals surface area contributed by atoms with Gasteiger partial charge in [-0.15, -0.1) is 19.3 Å². The van der Waals surface area contributed by atoms with Crippen molar-refractivity contribution < 1.29 is 34.7 Å². The zero-order valence-electron chi connectivity index (χ0n) is 3.40. The molecule has 0 spiro atoms. The Kier molecular flexibility index (Phi) is 16.2. The maximum Gasteiger partial charge on any atom is 1.00 e. The van der Waals surface area contributed by atoms with Gasteiger partial charge in [0.25, 0.3) is 0 Å². The third kappa shape index (κ3) is 11.9. The summed E-state index contributed by atoms with van der Waals surface area (Å²) in [4.78, 5) is 0. The van der Waals surface area contributed by atoms with Gasteiger partial charge in [-0.3, -0.25) is 0 Å². The molecule has 0 radical (unpaired) electrons. The summed E-state index contributed by atoms with van der Waals surface area (Å²) in [5.41, 5.74) is 0. The van der Waals surface area contributed by atoms with E-state index in [1.165, 1.54) is 6.08 Å². The first-order valence-corrected chi connectivity index (χ1v) is 1.11. The van der Waals surface area contributed by atoms with Crippen molar-refractivity contribution in [3.8, 4) is 0 Å². The summed E-state index contributed by atoms with van der Waals surface area (Å²) in [5, 5.41) is 9.18. The van der Waals surface area contributed by atoms with Crippen LogP contribution in [0.4, 0.5) is 0 Å². The van der Waals surface area contributed by atoms with E-state index in [1.807, 2.05) is 0 Å². The summed E-state index contributed by atoms with van der Waals surface area (Å²) in [7, 11) is 0. The zero-order chi connectivity index (χ0) is 3.41. The van der Waals surface area contributed by atoms with Crippen molar-refractivity contribution in [2.45, 2.75) is 0 Å². The Bertz CT molecular complexity index is 20.9. The first-order chi connectivity index (χ1) is 1.91. The fourth-order valence-corrected chi connectivity index (χ4v) is 0. The van der Waals surface area contributed by atoms with Crippen molar-refractivity contribution in [2.24, 2.45) is 0 Å². The van der Waals surface area contributed by atoms with Gasteiger partial charge in [-0.2, -0.15) is 0 Å². The average molecular weight is 80.1 g/mol. The molecule has 2 heteroatoms. The Morgan fingerprint density at radius 1 is 1.80 bits per heavy atom. The van der Waals surface area contributed by atoms with E-state index in [0.717, 1.165) is 0 Å². The monoisotopic (exact) mass is 80.0 g/mol. The van der Waals surface area contributed by atoms with Crippen molar-refractivity contribution in [3.63, 3.8) is 0 Å². The third-order valence-corrected chi connectivity index (χ3v) is 0.118. The Morgan fingerprint density at radius 2 is 2.00 bits per heavy atom. The third-order valence-electron chi connectivity index (χ3n) is 0.118. The van der Waals surface area contributed by atoms with E-state index in [2.05, 4.69) is 6.58 Å². The number of hydrogen-bond donors (Lipinski definition) is 0. The van der Waals surface area contributed by atoms with Crippen molar-refractivity contribution in [2.75, 3.05) is 6.61 Å². The van der Waals surface area contributed by atoms with Crippen LogP contribution in [0.5, 0.6) is 0 Å². The van der Waals surface area contributed by atoms with E-state index >= 15 is 0 Å². The molecule has 0 unspecified atom stereocenters. The second-order valence-corrected chi connectivity index (χ2v) is 0.455. The molecule has 24 valence electrons. The molecule has 0 rings (SSSR count). The summed E-state index contributed by atoms with van der Waals surface area (Å²) in [6.45, 7) is 3.00. The summed E-state index contributed by atoms with van der Waals surface area (Å²) >= 11 is 0. The average Bonchev–Trinajstić information content (AvgIpc) is 1.37. The van der Waals surface area contributed by atoms with E-state index in [0.29, 0.717) is 0 Å². The quantitative estimate of drug-likeness (QED) is 0.237. The molecule has 0 aromatic carbocycles. The largest absolute Gasteiger partial charge is 1.00 e. The van der Waals surface area contributed by atoms with Crippen LogP contribution in [0.25, 0.3) is 0 Å². The van der Waals surface area contributed by atoms with Crippen molar-refractivity contribution in [1.29, 1.82) is 0 Å². The van der Waals surface area contributed by atoms with Crippen LogP contribution in [0.2, 0.25) is 0 Å². The van der Waals surface area contributed by atoms with Gasteiger partial charge in [0, 0.05) is 0 Å². The Hall–Kier alpha value is 0.700. The molecular weight excluding hydrogens is 75.0 g/mol. The molecular formula is C3H5NaO. The summed E-state index contributed by atoms with van der Waals surface area (Å²) in [5.74, 6) is 0. The summed E-state index contributed by atoms with van der Waals surface area (Å²) < 4.78 is 0. The first kappa shape index (κ1) is 9.20. The molecule has 0 aliphatic heterocycles. The molecule has 0 aromatic rings. The normalized spacial score (nSPS) is 5.00. The standard InChI is InChI=1S/C3H5O.Na/c1-2-3-4;/h2H,1,3H2;/q-1;+1. The minimum atomic E-state index is -0.167. The van der Waals surface area contributed by atoms with Crippen LogP contribution < -0.4 is 34.7 Å². The maximum atomic E-state index is 9.18. The van der Waals surface area contributed by atoms with Crippen LogP contribution in [0.1, 0.15) is 0 Å². The minimum Gasteiger partial charge on any atom is -0.851 e. The van der Waals surface area contributed by atoms with E-state index in [9.17, 15) is 5.11 Å². The number of rotatable bonds is 1. The molecule has 0 atom stereocenters. The van der Waals surface area contributed by atoms with Crippen LogP contribution in [0, 0.1) is 0 Å². The van der Waals surface area contributed by atoms with E-state index in [1.54, 1.807) is 0 Å². The van der Waals surface area contributed by atoms with E-state index < -0.39 is 0 Å². The van der Waals surface area contributed by atoms with Crippen molar-refractivity contribution >= 4 is 0 Å². The molecule has 0 bridgehead atoms. The van der Waals surface area contributed by atoms with Gasteiger partial charge in [-0.1, -0.05) is 0 Å². The molecule has 0 aliphatic rings. The Labute approximate surface area is 54.0 Å². The molecule has 0 saturated carbocycles. The van der Waals surface area contributed by atoms with Crippen LogP contribution in [0.15, 0.2) is 12.7 Å². The second-order valence-electron chi connectivity index (χ2n) is 0.455. The molecule has 1 nitrogen and oxygen atoms in total. The Morgan fingerprint density at radius 3 is 2.00 bits per heavy atom. The fourth-order valence-electron chi connectivity index (χ4n) is 0. The minimum absolute atomic E-state index is 0. The van der Waals surface area contributed by atoms with Gasteiger partial charge >= 0.3 is 29.6 Å². The van der Waals surface area contributed by atoms with Crippen LogP contribution >= 0.6 is 0 Å². The second kappa shape index (κ2) is 8.83. The van der Waals surface area contributed by atoms with Gasteiger partial charge < -0.3 is 5.11 Å². The molecule has 0 N–H and O–H groups in total. The smallest absolute Gasteiger partial charge is 0.851 e. The summed E-state index contributed by atoms with van der Waals surface area (Å²) in [6.07, 6.45) is 1.32. The van der Waals surface area contributed by atoms with Crippen LogP contribution in [-0.4, -0.2) is 6.61 Å². The molecule has 5 heavy (non-hydrogen) atoms. The zero-order valence-corrected chi connectivity index (χ0v) is 5.40. The van der Waals surface area contributed by atoms with Crippen LogP contribution in [-0.2, 0) is 0 Å². The molecule has 0 aliphatic carbocycles. The Balaban J connectivity index is 0. The van der Waals surface area contributed by atoms with Gasteiger partial charge in [-0.05, 0) is 0 Å². The molecule has 0 saturated heterocycles. The van der Waals surface area contributed by atoms with Crippen molar-refractivity contribution in [3.05, 3.63) is 12.7 Å². The van der Waals surface area contributed by atoms with Gasteiger partial charge in [0.2, 0.25) is 0 Å². The molecule has 0 fully saturated rings. The number of hydrogen-bond acceptors (Lipinski definition) is 1. The predicted molar refractivity (Wildman–Crippen MR) is 15.1 cm³/mol. The van der Waals surface area contributed by atoms with E-state index in [-0.39, 0.29) is 36.2 Å². The molecule has 0 heterocycles. The van der Waals surface area contributed by atoms with Crippen LogP contribution in [0.3, 0.4) is 0 Å². The topological polar surface area (TPSA) is 23.1 Å². The maximum absolute atomic E-state index is 9.18. The van der Waals surface area contributed by atoms with Gasteiger partial charge in [-0.25, -0.2) is 0 Å².